The molecule has 0 bridgehead atoms. The molecule has 0 fully saturated rings. The summed E-state index contributed by atoms with van der Waals surface area (Å²) in [5.74, 6) is 2.83. The largest absolute Gasteiger partial charge is 2.00 e. The maximum absolute atomic E-state index is 11.4. The van der Waals surface area contributed by atoms with Gasteiger partial charge in [0.05, 0.1) is 64.3 Å². The van der Waals surface area contributed by atoms with E-state index in [0.717, 1.165) is 225 Å². The van der Waals surface area contributed by atoms with Crippen molar-refractivity contribution >= 4 is 197 Å². The third kappa shape index (κ3) is 109. The summed E-state index contributed by atoms with van der Waals surface area (Å²) >= 11 is 29.7. The summed E-state index contributed by atoms with van der Waals surface area (Å²) in [5, 5.41) is 68.3. The fraction of sp³-hybridized carbons (Fsp3) is 0.945. The number of hydrogen-bond donors (Lipinski definition) is 6. The van der Waals surface area contributed by atoms with Crippen LogP contribution < -0.4 is 30.6 Å². The minimum absolute atomic E-state index is 0. The second kappa shape index (κ2) is 102. The summed E-state index contributed by atoms with van der Waals surface area (Å²) in [6.45, 7) is 53.4. The van der Waals surface area contributed by atoms with Crippen LogP contribution in [-0.4, -0.2) is 109 Å². The Morgan fingerprint density at radius 2 is 0.218 bits per heavy atom. The third-order valence-corrected chi connectivity index (χ3v) is 28.5. The van der Waals surface area contributed by atoms with E-state index < -0.39 is 64.3 Å². The van der Waals surface area contributed by atoms with E-state index in [1.807, 2.05) is 0 Å². The second-order valence-electron chi connectivity index (χ2n) is 43.8. The van der Waals surface area contributed by atoms with Gasteiger partial charge in [0.15, 0.2) is 0 Å². The van der Waals surface area contributed by atoms with Gasteiger partial charge in [-0.25, -0.2) is 0 Å². The van der Waals surface area contributed by atoms with Gasteiger partial charge >= 0.3 is 54.9 Å². The Balaban J connectivity index is -0.000000147. The normalized spacial score (nSPS) is 11.7. The molecule has 0 aliphatic rings. The minimum Gasteiger partial charge on any atom is -2.00 e. The van der Waals surface area contributed by atoms with E-state index in [1.54, 1.807) is 45.0 Å². The number of carbonyl (C=O) groups is 6. The van der Waals surface area contributed by atoms with Crippen LogP contribution in [0.15, 0.2) is 0 Å². The molecule has 0 unspecified atom stereocenters. The molecule has 2 radical (unpaired) electrons. The van der Waals surface area contributed by atoms with Crippen molar-refractivity contribution in [1.82, 2.24) is 0 Å². The average Bonchev–Trinajstić information content (AvgIpc) is 0.905. The molecule has 0 aromatic carbocycles. The van der Waals surface area contributed by atoms with Gasteiger partial charge in [0.1, 0.15) is 0 Å². The van der Waals surface area contributed by atoms with Crippen molar-refractivity contribution in [1.29, 1.82) is 0 Å². The summed E-state index contributed by atoms with van der Waals surface area (Å²) in [6.07, 6.45) is 61.0. The number of aliphatic carboxylic acids is 6. The molecule has 0 saturated heterocycles. The molecule has 0 aliphatic carbocycles. The van der Waals surface area contributed by atoms with E-state index in [9.17, 15) is 59.4 Å². The number of hydrogen-bond acceptors (Lipinski definition) is 18. The maximum Gasteiger partial charge on any atom is -2.00 e. The Morgan fingerprint density at radius 3 is 0.263 bits per heavy atom. The summed E-state index contributed by atoms with van der Waals surface area (Å²) in [4.78, 5) is 72.4. The Morgan fingerprint density at radius 1 is 0.158 bits per heavy atom. The quantitative estimate of drug-likeness (QED) is 0.0189. The van der Waals surface area contributed by atoms with Crippen LogP contribution in [0.25, 0.3) is 0 Å². The van der Waals surface area contributed by atoms with Gasteiger partial charge in [0, 0.05) is 0 Å². The van der Waals surface area contributed by atoms with E-state index >= 15 is 0 Å². The summed E-state index contributed by atoms with van der Waals surface area (Å²) < 4.78 is -5.53. The first-order valence-corrected chi connectivity index (χ1v) is 61.7. The molecule has 798 valence electrons. The van der Waals surface area contributed by atoms with Crippen LogP contribution in [0.5, 0.6) is 0 Å². The van der Waals surface area contributed by atoms with Crippen molar-refractivity contribution in [3.8, 4) is 0 Å². The fourth-order valence-corrected chi connectivity index (χ4v) is 17.6. The van der Waals surface area contributed by atoms with E-state index in [2.05, 4.69) is 252 Å². The van der Waals surface area contributed by atoms with E-state index in [-0.39, 0.29) is 40.5 Å². The summed E-state index contributed by atoms with van der Waals surface area (Å²) in [5.41, 5.74) is 0. The molecule has 0 amide bonds. The third-order valence-electron chi connectivity index (χ3n) is 24.7. The second-order valence-corrected chi connectivity index (χ2v) is 49.0. The zero-order valence-corrected chi connectivity index (χ0v) is 105. The van der Waals surface area contributed by atoms with Crippen LogP contribution in [-0.2, 0) is 69.3 Å². The number of carboxylic acid groups (broad SMARTS) is 6. The van der Waals surface area contributed by atoms with Crippen molar-refractivity contribution in [3.63, 3.8) is 0 Å². The summed E-state index contributed by atoms with van der Waals surface area (Å²) in [6, 6.07) is 0. The number of carboxylic acids is 6. The molecule has 0 rings (SSSR count). The van der Waals surface area contributed by atoms with Gasteiger partial charge in [-0.1, -0.05) is 474 Å². The molecule has 0 N–H and O–H groups in total. The van der Waals surface area contributed by atoms with Gasteiger partial charge in [0.2, 0.25) is 0 Å². The molecule has 0 aromatic rings. The van der Waals surface area contributed by atoms with E-state index in [4.69, 9.17) is 0 Å². The molecular formula is C110H216O12S9Sn2-8. The molecule has 0 atom stereocenters. The number of rotatable bonds is 78. The summed E-state index contributed by atoms with van der Waals surface area (Å²) in [7, 11) is 0. The molecule has 12 nitrogen and oxygen atoms in total. The molecule has 23 heteroatoms. The minimum atomic E-state index is -0.987. The van der Waals surface area contributed by atoms with Crippen LogP contribution in [0.2, 0.25) is 9.88 Å². The first-order valence-electron chi connectivity index (χ1n) is 53.3. The maximum atomic E-state index is 11.4. The molecule has 0 aliphatic heterocycles. The standard InChI is InChI=1S/6C18H36O2S.2CH3.3S.2Sn/c6*1-15(2)11-7-5-9-13-18(21,17(19)20)14-10-6-8-12-16(3)4;;;;;;;/h6*15-16,21H,5-14H2,1-4H3,(H,19,20);2*1H3;;;;;/q;;;;;;;;3*-2;2*+2/p-6. The Kier molecular flexibility index (Phi) is 121. The molecule has 0 saturated carbocycles. The van der Waals surface area contributed by atoms with Crippen LogP contribution in [0.4, 0.5) is 0 Å². The number of unbranched alkanes of at least 4 members (excludes halogenated alkanes) is 24. The molecule has 133 heavy (non-hydrogen) atoms. The predicted octanol–water partition coefficient (Wildman–Crippen LogP) is 28.1. The average molecular weight is 2260 g/mol. The first kappa shape index (κ1) is 157. The smallest absolute Gasteiger partial charge is 2.00 e. The van der Waals surface area contributed by atoms with Gasteiger partial charge < -0.3 is 99.9 Å². The fourth-order valence-electron chi connectivity index (χ4n) is 15.7. The zero-order valence-electron chi connectivity index (χ0n) is 91.2. The SMILES string of the molecule is CC(C)CCCCCC(S)(CCCCCC(C)C)C(=O)[O-].CC(C)CCCCCC(S)(CCCCCC(C)C)C(=O)[O-].CC(C)CCCCCC(S)(CCCCCC(C)C)C(=O)[O-].CC(C)CCCCCC(S)(CCCCCC(C)C)C(=O)[O-].CC(C)CCCCCC(S)(CCCCCC(C)C)C(=O)[O-].CC(C)CCCCCC(S)(CCCCCC(C)C)C(=O)[O-].[CH3][Sn+2].[CH3][Sn+2].[S-2].[S-2].[S-2]. The molecular weight excluding hydrogens is 2040 g/mol. The van der Waals surface area contributed by atoms with Crippen molar-refractivity contribution in [2.45, 2.75) is 590 Å². The van der Waals surface area contributed by atoms with E-state index in [0.29, 0.717) is 77.0 Å². The van der Waals surface area contributed by atoms with Gasteiger partial charge in [-0.3, -0.25) is 0 Å². The molecule has 0 heterocycles. The molecule has 0 aromatic heterocycles. The van der Waals surface area contributed by atoms with Crippen LogP contribution in [0.1, 0.15) is 551 Å². The monoisotopic (exact) mass is 2260 g/mol. The Bertz CT molecular complexity index is 2000. The number of carbonyl (C=O) groups excluding carboxylic acids is 6. The first-order chi connectivity index (χ1) is 60.7. The van der Waals surface area contributed by atoms with Gasteiger partial charge in [0.25, 0.3) is 0 Å². The van der Waals surface area contributed by atoms with Crippen molar-refractivity contribution in [2.24, 2.45) is 71.0 Å². The van der Waals surface area contributed by atoms with Crippen LogP contribution in [0.3, 0.4) is 0 Å². The van der Waals surface area contributed by atoms with Crippen molar-refractivity contribution in [2.75, 3.05) is 0 Å². The topological polar surface area (TPSA) is 241 Å². The van der Waals surface area contributed by atoms with E-state index in [1.165, 1.54) is 154 Å². The van der Waals surface area contributed by atoms with Crippen molar-refractivity contribution < 1.29 is 59.4 Å². The molecule has 0 spiro atoms. The van der Waals surface area contributed by atoms with Gasteiger partial charge in [-0.05, 0) is 148 Å². The van der Waals surface area contributed by atoms with Gasteiger partial charge in [-0.2, -0.15) is 75.8 Å². The van der Waals surface area contributed by atoms with Crippen LogP contribution in [0, 0.1) is 71.0 Å². The Labute approximate surface area is 908 Å². The van der Waals surface area contributed by atoms with Crippen molar-refractivity contribution in [3.05, 3.63) is 0 Å². The predicted molar refractivity (Wildman–Crippen MR) is 601 cm³/mol. The van der Waals surface area contributed by atoms with Crippen LogP contribution >= 0.6 is 75.8 Å². The Hall–Kier alpha value is 1.57. The van der Waals surface area contributed by atoms with Gasteiger partial charge in [-0.15, -0.1) is 0 Å². The number of thiol groups is 6. The zero-order chi connectivity index (χ0) is 102.